The van der Waals surface area contributed by atoms with Gasteiger partial charge in [0.05, 0.1) is 11.3 Å². The van der Waals surface area contributed by atoms with Crippen molar-refractivity contribution < 1.29 is 23.4 Å². The van der Waals surface area contributed by atoms with Crippen molar-refractivity contribution in [2.75, 3.05) is 6.54 Å². The summed E-state index contributed by atoms with van der Waals surface area (Å²) in [6.45, 7) is 2.07. The van der Waals surface area contributed by atoms with Crippen molar-refractivity contribution in [3.63, 3.8) is 0 Å². The number of aliphatic carboxylic acids is 1. The van der Waals surface area contributed by atoms with Gasteiger partial charge in [0.25, 0.3) is 0 Å². The first-order chi connectivity index (χ1) is 14.4. The van der Waals surface area contributed by atoms with Gasteiger partial charge >= 0.3 is 16.2 Å². The van der Waals surface area contributed by atoms with Crippen molar-refractivity contribution in [2.45, 2.75) is 25.7 Å². The van der Waals surface area contributed by atoms with Gasteiger partial charge in [0.1, 0.15) is 11.6 Å². The molecule has 0 bridgehead atoms. The summed E-state index contributed by atoms with van der Waals surface area (Å²) >= 11 is 0. The van der Waals surface area contributed by atoms with Crippen LogP contribution < -0.4 is 4.72 Å². The van der Waals surface area contributed by atoms with E-state index in [1.165, 1.54) is 6.20 Å². The van der Waals surface area contributed by atoms with E-state index in [4.69, 9.17) is 0 Å². The zero-order valence-corrected chi connectivity index (χ0v) is 17.1. The number of unbranched alkanes of at least 4 members (excludes halogenated alkanes) is 1. The zero-order valence-electron chi connectivity index (χ0n) is 16.3. The molecule has 9 nitrogen and oxygen atoms in total. The summed E-state index contributed by atoms with van der Waals surface area (Å²) in [6, 6.07) is 13.1. The van der Waals surface area contributed by atoms with Gasteiger partial charge in [-0.15, -0.1) is 4.09 Å². The third kappa shape index (κ3) is 4.34. The lowest BCUT2D eigenvalue weighted by Crippen LogP contribution is -2.31. The Morgan fingerprint density at radius 2 is 1.87 bits per heavy atom. The number of carboxylic acid groups (broad SMARTS) is 1. The van der Waals surface area contributed by atoms with Crippen LogP contribution in [0.3, 0.4) is 0 Å². The topological polar surface area (TPSA) is 134 Å². The van der Waals surface area contributed by atoms with Crippen molar-refractivity contribution in [3.8, 4) is 17.3 Å². The molecule has 1 atom stereocenters. The molecule has 0 amide bonds. The molecule has 0 aliphatic carbocycles. The molecule has 0 saturated carbocycles. The van der Waals surface area contributed by atoms with Gasteiger partial charge in [-0.05, 0) is 24.1 Å². The molecule has 3 N–H and O–H groups in total. The maximum atomic E-state index is 12.7. The monoisotopic (exact) mass is 430 g/mol. The Kier molecular flexibility index (Phi) is 6.48. The second kappa shape index (κ2) is 9.06. The first-order valence-electron chi connectivity index (χ1n) is 9.38. The zero-order chi connectivity index (χ0) is 21.7. The number of hydrogen-bond donors (Lipinski definition) is 3. The van der Waals surface area contributed by atoms with E-state index in [1.807, 2.05) is 6.92 Å². The predicted octanol–water partition coefficient (Wildman–Crippen LogP) is 2.35. The maximum absolute atomic E-state index is 12.7. The minimum absolute atomic E-state index is 0.0229. The quantitative estimate of drug-likeness (QED) is 0.444. The highest BCUT2D eigenvalue weighted by molar-refractivity contribution is 7.87. The first kappa shape index (κ1) is 21.5. The fraction of sp³-hybridized carbons (Fsp3) is 0.250. The molecule has 1 unspecified atom stereocenters. The Bertz CT molecular complexity index is 1110. The Balaban J connectivity index is 2.23. The lowest BCUT2D eigenvalue weighted by atomic mass is 9.90. The van der Waals surface area contributed by atoms with Crippen LogP contribution >= 0.6 is 0 Å². The molecule has 0 aliphatic heterocycles. The molecular weight excluding hydrogens is 408 g/mol. The Hall–Kier alpha value is -3.24. The van der Waals surface area contributed by atoms with Gasteiger partial charge in [0, 0.05) is 12.7 Å². The average Bonchev–Trinajstić information content (AvgIpc) is 3.07. The lowest BCUT2D eigenvalue weighted by molar-refractivity contribution is -0.137. The van der Waals surface area contributed by atoms with E-state index in [2.05, 4.69) is 14.8 Å². The smallest absolute Gasteiger partial charge is 0.323 e. The van der Waals surface area contributed by atoms with Crippen molar-refractivity contribution in [1.29, 1.82) is 0 Å². The van der Waals surface area contributed by atoms with E-state index in [-0.39, 0.29) is 23.5 Å². The van der Waals surface area contributed by atoms with Gasteiger partial charge in [-0.2, -0.15) is 18.2 Å². The Morgan fingerprint density at radius 3 is 2.47 bits per heavy atom. The van der Waals surface area contributed by atoms with E-state index in [0.717, 1.165) is 6.42 Å². The lowest BCUT2D eigenvalue weighted by Gasteiger charge is -2.13. The summed E-state index contributed by atoms with van der Waals surface area (Å²) in [5.41, 5.74) is 0.444. The van der Waals surface area contributed by atoms with Gasteiger partial charge < -0.3 is 10.2 Å². The summed E-state index contributed by atoms with van der Waals surface area (Å²) < 4.78 is 28.2. The highest BCUT2D eigenvalue weighted by atomic mass is 32.2. The number of benzene rings is 1. The molecule has 3 aromatic rings. The van der Waals surface area contributed by atoms with E-state index >= 15 is 0 Å². The fourth-order valence-corrected chi connectivity index (χ4v) is 4.08. The van der Waals surface area contributed by atoms with Gasteiger partial charge in [0.15, 0.2) is 0 Å². The van der Waals surface area contributed by atoms with Crippen LogP contribution in [0.4, 0.5) is 0 Å². The number of hydrogen-bond acceptors (Lipinski definition) is 6. The highest BCUT2D eigenvalue weighted by Crippen LogP contribution is 2.39. The van der Waals surface area contributed by atoms with Crippen molar-refractivity contribution in [1.82, 2.24) is 18.9 Å². The van der Waals surface area contributed by atoms with Crippen LogP contribution in [0.2, 0.25) is 0 Å². The van der Waals surface area contributed by atoms with E-state index in [0.29, 0.717) is 16.1 Å². The molecule has 10 heteroatoms. The molecule has 2 aromatic heterocycles. The second-order valence-corrected chi connectivity index (χ2v) is 8.16. The predicted molar refractivity (Wildman–Crippen MR) is 110 cm³/mol. The van der Waals surface area contributed by atoms with Gasteiger partial charge in [-0.3, -0.25) is 9.78 Å². The number of aromatic hydroxyl groups is 1. The third-order valence-electron chi connectivity index (χ3n) is 4.49. The van der Waals surface area contributed by atoms with Crippen LogP contribution in [0, 0.1) is 0 Å². The minimum atomic E-state index is -4.23. The van der Waals surface area contributed by atoms with Crippen molar-refractivity contribution in [3.05, 3.63) is 65.9 Å². The Labute approximate surface area is 174 Å². The molecule has 30 heavy (non-hydrogen) atoms. The van der Waals surface area contributed by atoms with Crippen LogP contribution in [-0.4, -0.2) is 45.3 Å². The normalized spacial score (nSPS) is 12.6. The molecule has 0 fully saturated rings. The summed E-state index contributed by atoms with van der Waals surface area (Å²) in [6.07, 6.45) is 2.84. The van der Waals surface area contributed by atoms with Crippen LogP contribution in [-0.2, 0) is 15.0 Å². The summed E-state index contributed by atoms with van der Waals surface area (Å²) in [4.78, 5) is 16.3. The average molecular weight is 430 g/mol. The first-order valence-corrected chi connectivity index (χ1v) is 10.8. The molecule has 0 radical (unpaired) electrons. The highest BCUT2D eigenvalue weighted by Gasteiger charge is 2.35. The molecule has 0 saturated heterocycles. The number of carboxylic acids is 1. The molecule has 2 heterocycles. The minimum Gasteiger partial charge on any atom is -0.492 e. The van der Waals surface area contributed by atoms with E-state index in [1.54, 1.807) is 48.5 Å². The summed E-state index contributed by atoms with van der Waals surface area (Å²) in [7, 11) is -4.23. The van der Waals surface area contributed by atoms with Crippen LogP contribution in [0.1, 0.15) is 36.8 Å². The van der Waals surface area contributed by atoms with Gasteiger partial charge in [0.2, 0.25) is 5.88 Å². The molecule has 1 aromatic carbocycles. The van der Waals surface area contributed by atoms with Crippen molar-refractivity contribution in [2.24, 2.45) is 0 Å². The number of rotatable bonds is 9. The van der Waals surface area contributed by atoms with Crippen LogP contribution in [0.5, 0.6) is 5.88 Å². The number of nitrogens with one attached hydrogen (secondary N) is 1. The van der Waals surface area contributed by atoms with E-state index in [9.17, 15) is 23.4 Å². The molecule has 158 valence electrons. The summed E-state index contributed by atoms with van der Waals surface area (Å²) in [5, 5.41) is 24.8. The molecular formula is C20H22N4O5S. The molecule has 0 spiro atoms. The molecule has 3 rings (SSSR count). The maximum Gasteiger partial charge on any atom is 0.323 e. The third-order valence-corrected chi connectivity index (χ3v) is 5.77. The van der Waals surface area contributed by atoms with Gasteiger partial charge in [-0.25, -0.2) is 0 Å². The number of aromatic nitrogens is 3. The number of nitrogens with zero attached hydrogens (tertiary/aromatic N) is 3. The van der Waals surface area contributed by atoms with Crippen LogP contribution in [0.25, 0.3) is 11.4 Å². The van der Waals surface area contributed by atoms with Crippen LogP contribution in [0.15, 0.2) is 54.7 Å². The van der Waals surface area contributed by atoms with Gasteiger partial charge in [-0.1, -0.05) is 49.7 Å². The number of carbonyl (C=O) groups is 1. The van der Waals surface area contributed by atoms with Crippen molar-refractivity contribution >= 4 is 16.2 Å². The van der Waals surface area contributed by atoms with E-state index < -0.39 is 28.0 Å². The Morgan fingerprint density at radius 1 is 1.17 bits per heavy atom. The fourth-order valence-electron chi connectivity index (χ4n) is 3.04. The standard InChI is InChI=1S/C20H22N4O5S/c1-2-3-13-22-30(28,29)24-19(25)17(18(23-24)15-11-7-8-12-21-15)16(20(26)27)14-9-5-4-6-10-14/h4-12,16,22,25H,2-3,13H2,1H3,(H,26,27). The SMILES string of the molecule is CCCCNS(=O)(=O)n1nc(-c2ccccn2)c(C(C(=O)O)c2ccccc2)c1O. The number of pyridine rings is 1. The second-order valence-electron chi connectivity index (χ2n) is 6.58. The summed E-state index contributed by atoms with van der Waals surface area (Å²) in [5.74, 6) is -3.37. The molecule has 0 aliphatic rings. The largest absolute Gasteiger partial charge is 0.492 e.